The minimum absolute atomic E-state index is 0.0652. The molecule has 28 heavy (non-hydrogen) atoms. The number of methoxy groups -OCH3 is 1. The summed E-state index contributed by atoms with van der Waals surface area (Å²) >= 11 is 2.33. The number of aromatic nitrogens is 2. The molecule has 1 aliphatic rings. The lowest BCUT2D eigenvalue weighted by Gasteiger charge is -2.15. The summed E-state index contributed by atoms with van der Waals surface area (Å²) in [5.41, 5.74) is -0.269. The average molecular weight is 446 g/mol. The van der Waals surface area contributed by atoms with E-state index in [1.54, 1.807) is 7.11 Å². The molecular formula is C15H19N5O5S3. The zero-order valence-corrected chi connectivity index (χ0v) is 17.5. The molecule has 152 valence electrons. The van der Waals surface area contributed by atoms with Gasteiger partial charge in [-0.1, -0.05) is 11.3 Å². The molecule has 0 aliphatic carbocycles. The monoisotopic (exact) mass is 445 g/mol. The quantitative estimate of drug-likeness (QED) is 0.351. The van der Waals surface area contributed by atoms with Crippen molar-refractivity contribution in [2.45, 2.75) is 27.0 Å². The molecule has 1 N–H and O–H groups in total. The van der Waals surface area contributed by atoms with Crippen molar-refractivity contribution in [1.29, 1.82) is 0 Å². The van der Waals surface area contributed by atoms with Crippen LogP contribution < -0.4 is 5.32 Å². The first-order valence-corrected chi connectivity index (χ1v) is 11.5. The second kappa shape index (κ2) is 9.13. The first kappa shape index (κ1) is 20.9. The van der Waals surface area contributed by atoms with Crippen LogP contribution in [-0.2, 0) is 14.8 Å². The summed E-state index contributed by atoms with van der Waals surface area (Å²) in [6.07, 6.45) is 1.60. The number of benzene rings is 1. The summed E-state index contributed by atoms with van der Waals surface area (Å²) in [6, 6.07) is 3.97. The Labute approximate surface area is 170 Å². The average Bonchev–Trinajstić information content (AvgIpc) is 3.34. The van der Waals surface area contributed by atoms with Crippen LogP contribution in [0, 0.1) is 10.1 Å². The molecule has 0 amide bonds. The van der Waals surface area contributed by atoms with Gasteiger partial charge in [-0.05, 0) is 36.7 Å². The van der Waals surface area contributed by atoms with Crippen molar-refractivity contribution in [2.75, 3.05) is 38.7 Å². The lowest BCUT2D eigenvalue weighted by molar-refractivity contribution is -0.388. The highest BCUT2D eigenvalue weighted by molar-refractivity contribution is 8.01. The Balaban J connectivity index is 1.81. The van der Waals surface area contributed by atoms with E-state index in [-0.39, 0.29) is 10.6 Å². The standard InChI is InChI=1S/C15H19N5O5S3/c1-25-9-6-16-14-17-18-15(27-14)26-13-5-4-11(10-12(13)20(21)22)28(23,24)19-7-2-3-8-19/h4-5,10H,2-3,6-9H2,1H3,(H,16,17). The number of nitro groups is 1. The molecule has 1 aliphatic heterocycles. The van der Waals surface area contributed by atoms with Gasteiger partial charge in [0.25, 0.3) is 5.69 Å². The molecule has 0 unspecified atom stereocenters. The molecule has 0 bridgehead atoms. The third-order valence-corrected chi connectivity index (χ3v) is 7.91. The third-order valence-electron chi connectivity index (χ3n) is 4.02. The zero-order chi connectivity index (χ0) is 20.1. The SMILES string of the molecule is COCCNc1nnc(Sc2ccc(S(=O)(=O)N3CCCC3)cc2[N+](=O)[O-])s1. The smallest absolute Gasteiger partial charge is 0.284 e. The van der Waals surface area contributed by atoms with Crippen molar-refractivity contribution < 1.29 is 18.1 Å². The Morgan fingerprint density at radius 3 is 2.79 bits per heavy atom. The van der Waals surface area contributed by atoms with Gasteiger partial charge in [-0.2, -0.15) is 4.31 Å². The first-order chi connectivity index (χ1) is 13.4. The van der Waals surface area contributed by atoms with Crippen LogP contribution >= 0.6 is 23.1 Å². The predicted octanol–water partition coefficient (Wildman–Crippen LogP) is 2.44. The van der Waals surface area contributed by atoms with Gasteiger partial charge in [0.05, 0.1) is 21.3 Å². The van der Waals surface area contributed by atoms with Crippen LogP contribution in [0.15, 0.2) is 32.3 Å². The second-order valence-corrected chi connectivity index (χ2v) is 10.1. The van der Waals surface area contributed by atoms with Gasteiger partial charge in [0.2, 0.25) is 15.2 Å². The molecule has 0 saturated carbocycles. The van der Waals surface area contributed by atoms with Crippen molar-refractivity contribution >= 4 is 43.9 Å². The molecule has 1 aromatic carbocycles. The van der Waals surface area contributed by atoms with Gasteiger partial charge in [0, 0.05) is 32.8 Å². The van der Waals surface area contributed by atoms with Gasteiger partial charge in [0.1, 0.15) is 0 Å². The van der Waals surface area contributed by atoms with E-state index in [1.807, 2.05) is 0 Å². The maximum Gasteiger partial charge on any atom is 0.284 e. The van der Waals surface area contributed by atoms with Gasteiger partial charge < -0.3 is 10.1 Å². The Kier molecular flexibility index (Phi) is 6.82. The van der Waals surface area contributed by atoms with E-state index in [0.29, 0.717) is 40.6 Å². The Bertz CT molecular complexity index is 943. The summed E-state index contributed by atoms with van der Waals surface area (Å²) in [5.74, 6) is 0. The molecule has 1 aromatic heterocycles. The zero-order valence-electron chi connectivity index (χ0n) is 15.0. The summed E-state index contributed by atoms with van der Waals surface area (Å²) in [4.78, 5) is 11.2. The molecule has 1 fully saturated rings. The molecule has 3 rings (SSSR count). The van der Waals surface area contributed by atoms with Gasteiger partial charge in [-0.25, -0.2) is 8.42 Å². The van der Waals surface area contributed by atoms with E-state index < -0.39 is 14.9 Å². The molecule has 2 heterocycles. The topological polar surface area (TPSA) is 128 Å². The number of nitro benzene ring substituents is 1. The molecular weight excluding hydrogens is 426 g/mol. The van der Waals surface area contributed by atoms with Crippen LogP contribution in [0.3, 0.4) is 0 Å². The van der Waals surface area contributed by atoms with Crippen molar-refractivity contribution in [2.24, 2.45) is 0 Å². The molecule has 1 saturated heterocycles. The highest BCUT2D eigenvalue weighted by Crippen LogP contribution is 2.38. The lowest BCUT2D eigenvalue weighted by Crippen LogP contribution is -2.27. The molecule has 13 heteroatoms. The normalized spacial score (nSPS) is 15.0. The van der Waals surface area contributed by atoms with Gasteiger partial charge in [-0.3, -0.25) is 10.1 Å². The number of sulfonamides is 1. The third kappa shape index (κ3) is 4.78. The van der Waals surface area contributed by atoms with Crippen LogP contribution in [0.4, 0.5) is 10.8 Å². The maximum atomic E-state index is 12.7. The van der Waals surface area contributed by atoms with E-state index in [0.717, 1.165) is 30.7 Å². The number of ether oxygens (including phenoxy) is 1. The summed E-state index contributed by atoms with van der Waals surface area (Å²) in [5, 5.41) is 23.1. The van der Waals surface area contributed by atoms with Gasteiger partial charge >= 0.3 is 0 Å². The molecule has 0 atom stereocenters. The van der Waals surface area contributed by atoms with Crippen LogP contribution in [0.2, 0.25) is 0 Å². The summed E-state index contributed by atoms with van der Waals surface area (Å²) in [7, 11) is -2.13. The number of rotatable bonds is 9. The fourth-order valence-corrected chi connectivity index (χ4v) is 6.00. The highest BCUT2D eigenvalue weighted by Gasteiger charge is 2.29. The fourth-order valence-electron chi connectivity index (χ4n) is 2.64. The first-order valence-electron chi connectivity index (χ1n) is 8.44. The van der Waals surface area contributed by atoms with Crippen LogP contribution in [0.1, 0.15) is 12.8 Å². The fraction of sp³-hybridized carbons (Fsp3) is 0.467. The van der Waals surface area contributed by atoms with E-state index in [9.17, 15) is 18.5 Å². The number of nitrogens with one attached hydrogen (secondary N) is 1. The van der Waals surface area contributed by atoms with E-state index in [4.69, 9.17) is 4.74 Å². The van der Waals surface area contributed by atoms with Crippen molar-refractivity contribution in [3.8, 4) is 0 Å². The van der Waals surface area contributed by atoms with Crippen molar-refractivity contribution in [3.63, 3.8) is 0 Å². The number of hydrogen-bond donors (Lipinski definition) is 1. The summed E-state index contributed by atoms with van der Waals surface area (Å²) < 4.78 is 32.1. The van der Waals surface area contributed by atoms with Crippen LogP contribution in [-0.4, -0.2) is 61.2 Å². The minimum atomic E-state index is -3.72. The van der Waals surface area contributed by atoms with Crippen LogP contribution in [0.5, 0.6) is 0 Å². The van der Waals surface area contributed by atoms with Crippen molar-refractivity contribution in [3.05, 3.63) is 28.3 Å². The van der Waals surface area contributed by atoms with Gasteiger partial charge in [0.15, 0.2) is 4.34 Å². The molecule has 0 spiro atoms. The van der Waals surface area contributed by atoms with E-state index in [2.05, 4.69) is 15.5 Å². The van der Waals surface area contributed by atoms with Gasteiger partial charge in [-0.15, -0.1) is 10.2 Å². The minimum Gasteiger partial charge on any atom is -0.383 e. The number of hydrogen-bond acceptors (Lipinski definition) is 10. The van der Waals surface area contributed by atoms with Crippen molar-refractivity contribution in [1.82, 2.24) is 14.5 Å². The Morgan fingerprint density at radius 1 is 1.36 bits per heavy atom. The largest absolute Gasteiger partial charge is 0.383 e. The number of nitrogens with zero attached hydrogens (tertiary/aromatic N) is 4. The Hall–Kier alpha value is -1.80. The van der Waals surface area contributed by atoms with E-state index >= 15 is 0 Å². The maximum absolute atomic E-state index is 12.7. The molecule has 2 aromatic rings. The predicted molar refractivity (Wildman–Crippen MR) is 105 cm³/mol. The lowest BCUT2D eigenvalue weighted by atomic mass is 10.3. The number of anilines is 1. The Morgan fingerprint density at radius 2 is 2.11 bits per heavy atom. The highest BCUT2D eigenvalue weighted by atomic mass is 32.2. The molecule has 0 radical (unpaired) electrons. The van der Waals surface area contributed by atoms with Crippen LogP contribution in [0.25, 0.3) is 0 Å². The van der Waals surface area contributed by atoms with E-state index in [1.165, 1.54) is 27.8 Å². The molecule has 10 nitrogen and oxygen atoms in total. The second-order valence-electron chi connectivity index (χ2n) is 5.89. The summed E-state index contributed by atoms with van der Waals surface area (Å²) in [6.45, 7) is 1.96.